The zero-order valence-electron chi connectivity index (χ0n) is 9.75. The van der Waals surface area contributed by atoms with Crippen LogP contribution in [0.4, 0.5) is 0 Å². The molecule has 68 valence electrons. The Hall–Kier alpha value is -1.06. The highest BCUT2D eigenvalue weighted by Gasteiger charge is 2.29. The Morgan fingerprint density at radius 1 is 1.92 bits per heavy atom. The van der Waals surface area contributed by atoms with E-state index in [9.17, 15) is 9.59 Å². The fourth-order valence-electron chi connectivity index (χ4n) is 1.36. The van der Waals surface area contributed by atoms with Crippen molar-refractivity contribution < 1.29 is 13.7 Å². The van der Waals surface area contributed by atoms with E-state index in [1.807, 2.05) is 0 Å². The molecule has 0 unspecified atom stereocenters. The first-order valence-corrected chi connectivity index (χ1v) is 3.90. The molecule has 4 nitrogen and oxygen atoms in total. The Morgan fingerprint density at radius 3 is 3.08 bits per heavy atom. The summed E-state index contributed by atoms with van der Waals surface area (Å²) in [5.41, 5.74) is 5.10. The van der Waals surface area contributed by atoms with Gasteiger partial charge >= 0.3 is 0 Å². The van der Waals surface area contributed by atoms with Crippen LogP contribution in [0.3, 0.4) is 0 Å². The van der Waals surface area contributed by atoms with Crippen molar-refractivity contribution in [2.45, 2.75) is 32.2 Å². The molecule has 1 rings (SSSR count). The molecule has 1 atom stereocenters. The van der Waals surface area contributed by atoms with Crippen molar-refractivity contribution in [3.63, 3.8) is 0 Å². The van der Waals surface area contributed by atoms with Gasteiger partial charge in [-0.15, -0.1) is 0 Å². The highest BCUT2D eigenvalue weighted by Crippen LogP contribution is 2.15. The van der Waals surface area contributed by atoms with Crippen LogP contribution >= 0.6 is 0 Å². The van der Waals surface area contributed by atoms with Crippen molar-refractivity contribution in [1.82, 2.24) is 4.90 Å². The van der Waals surface area contributed by atoms with Gasteiger partial charge in [0.25, 0.3) is 0 Å². The van der Waals surface area contributed by atoms with Crippen molar-refractivity contribution in [2.24, 2.45) is 5.73 Å². The van der Waals surface area contributed by atoms with Crippen LogP contribution in [0.25, 0.3) is 0 Å². The molecular formula is C8H14N2O2. The summed E-state index contributed by atoms with van der Waals surface area (Å²) in [4.78, 5) is 23.7. The second-order valence-corrected chi connectivity index (χ2v) is 2.81. The normalized spacial score (nSPS) is 24.5. The van der Waals surface area contributed by atoms with Crippen LogP contribution < -0.4 is 5.73 Å². The molecule has 0 bridgehead atoms. The van der Waals surface area contributed by atoms with Crippen molar-refractivity contribution in [1.29, 1.82) is 0 Å². The van der Waals surface area contributed by atoms with Crippen LogP contribution in [0, 0.1) is 0 Å². The lowest BCUT2D eigenvalue weighted by Gasteiger charge is -2.23. The summed E-state index contributed by atoms with van der Waals surface area (Å²) in [6, 6.07) is -0.993. The van der Waals surface area contributed by atoms with Crippen LogP contribution in [0.2, 0.25) is 0 Å². The summed E-state index contributed by atoms with van der Waals surface area (Å²) in [5.74, 6) is -0.940. The van der Waals surface area contributed by atoms with Crippen molar-refractivity contribution in [3.8, 4) is 0 Å². The van der Waals surface area contributed by atoms with Gasteiger partial charge in [-0.3, -0.25) is 9.59 Å². The van der Waals surface area contributed by atoms with Crippen molar-refractivity contribution in [2.75, 3.05) is 6.54 Å². The summed E-state index contributed by atoms with van der Waals surface area (Å²) >= 11 is 0. The van der Waals surface area contributed by atoms with Gasteiger partial charge in [0.15, 0.2) is 0 Å². The van der Waals surface area contributed by atoms with Crippen LogP contribution in [-0.2, 0) is 9.59 Å². The van der Waals surface area contributed by atoms with E-state index < -0.39 is 18.8 Å². The quantitative estimate of drug-likeness (QED) is 0.646. The molecule has 2 amide bonds. The Balaban J connectivity index is 2.74. The lowest BCUT2D eigenvalue weighted by molar-refractivity contribution is -0.136. The van der Waals surface area contributed by atoms with E-state index in [0.717, 1.165) is 0 Å². The molecule has 1 fully saturated rings. The number of rotatable bonds is 3. The van der Waals surface area contributed by atoms with Gasteiger partial charge in [0.1, 0.15) is 6.04 Å². The molecule has 2 N–H and O–H groups in total. The van der Waals surface area contributed by atoms with E-state index in [1.54, 1.807) is 0 Å². The van der Waals surface area contributed by atoms with Crippen LogP contribution in [0.1, 0.15) is 30.2 Å². The second kappa shape index (κ2) is 3.56. The Bertz CT molecular complexity index is 278. The predicted molar refractivity (Wildman–Crippen MR) is 44.2 cm³/mol. The summed E-state index contributed by atoms with van der Waals surface area (Å²) in [5, 5.41) is 0. The lowest BCUT2D eigenvalue weighted by atomic mass is 10.2. The molecular weight excluding hydrogens is 156 g/mol. The smallest absolute Gasteiger partial charge is 0.240 e. The van der Waals surface area contributed by atoms with Gasteiger partial charge in [-0.1, -0.05) is 6.85 Å². The van der Waals surface area contributed by atoms with Gasteiger partial charge < -0.3 is 10.6 Å². The van der Waals surface area contributed by atoms with Crippen LogP contribution in [0.15, 0.2) is 0 Å². The monoisotopic (exact) mass is 173 g/mol. The van der Waals surface area contributed by atoms with E-state index in [4.69, 9.17) is 9.85 Å². The number of amides is 2. The third-order valence-corrected chi connectivity index (χ3v) is 2.01. The fourth-order valence-corrected chi connectivity index (χ4v) is 1.36. The first-order chi connectivity index (χ1) is 6.81. The minimum atomic E-state index is -2.25. The molecule has 1 heterocycles. The Kier molecular flexibility index (Phi) is 1.65. The zero-order valence-corrected chi connectivity index (χ0v) is 6.75. The summed E-state index contributed by atoms with van der Waals surface area (Å²) < 4.78 is 21.2. The van der Waals surface area contributed by atoms with Crippen molar-refractivity contribution in [3.05, 3.63) is 0 Å². The van der Waals surface area contributed by atoms with E-state index in [0.29, 0.717) is 19.4 Å². The highest BCUT2D eigenvalue weighted by molar-refractivity contribution is 5.87. The number of primary amides is 1. The van der Waals surface area contributed by atoms with Gasteiger partial charge in [-0.05, 0) is 12.8 Å². The third kappa shape index (κ3) is 1.57. The van der Waals surface area contributed by atoms with Gasteiger partial charge in [-0.25, -0.2) is 0 Å². The lowest BCUT2D eigenvalue weighted by Crippen LogP contribution is -2.44. The third-order valence-electron chi connectivity index (χ3n) is 2.01. The number of carbonyl (C=O) groups is 2. The van der Waals surface area contributed by atoms with Crippen LogP contribution in [0.5, 0.6) is 0 Å². The number of nitrogens with zero attached hydrogens (tertiary/aromatic N) is 1. The minimum absolute atomic E-state index is 0.192. The molecule has 12 heavy (non-hydrogen) atoms. The molecule has 0 saturated carbocycles. The minimum Gasteiger partial charge on any atom is -0.368 e. The average molecular weight is 173 g/mol. The second-order valence-electron chi connectivity index (χ2n) is 2.81. The maximum Gasteiger partial charge on any atom is 0.240 e. The number of hydrogen-bond donors (Lipinski definition) is 1. The molecule has 0 aromatic carbocycles. The van der Waals surface area contributed by atoms with E-state index in [2.05, 4.69) is 0 Å². The molecule has 0 aliphatic carbocycles. The molecule has 1 aliphatic rings. The average Bonchev–Trinajstić information content (AvgIpc) is 2.45. The molecule has 0 radical (unpaired) electrons. The Labute approximate surface area is 75.9 Å². The van der Waals surface area contributed by atoms with Gasteiger partial charge in [0.2, 0.25) is 11.8 Å². The molecule has 1 aliphatic heterocycles. The summed E-state index contributed by atoms with van der Waals surface area (Å²) in [7, 11) is 0. The highest BCUT2D eigenvalue weighted by atomic mass is 16.2. The van der Waals surface area contributed by atoms with E-state index in [1.165, 1.54) is 4.90 Å². The maximum absolute atomic E-state index is 11.3. The number of carbonyl (C=O) groups excluding carboxylic acids is 2. The molecule has 1 saturated heterocycles. The maximum atomic E-state index is 11.3. The summed E-state index contributed by atoms with van der Waals surface area (Å²) in [6.45, 7) is -1.83. The number of nitrogens with two attached hydrogens (primary N) is 1. The molecule has 4 heteroatoms. The largest absolute Gasteiger partial charge is 0.368 e. The number of hydrogen-bond acceptors (Lipinski definition) is 2. The topological polar surface area (TPSA) is 63.4 Å². The first-order valence-electron chi connectivity index (χ1n) is 5.40. The fraction of sp³-hybridized carbons (Fsp3) is 0.750. The van der Waals surface area contributed by atoms with E-state index >= 15 is 0 Å². The number of likely N-dealkylation sites (tertiary alicyclic amines) is 1. The van der Waals surface area contributed by atoms with Gasteiger partial charge in [0.05, 0.1) is 0 Å². The van der Waals surface area contributed by atoms with Gasteiger partial charge in [0, 0.05) is 17.1 Å². The van der Waals surface area contributed by atoms with Crippen molar-refractivity contribution >= 4 is 11.8 Å². The van der Waals surface area contributed by atoms with Crippen LogP contribution in [-0.4, -0.2) is 29.3 Å². The predicted octanol–water partition coefficient (Wildman–Crippen LogP) is -0.127. The summed E-state index contributed by atoms with van der Waals surface area (Å²) in [6.07, 6.45) is 0.655. The molecule has 0 aromatic heterocycles. The van der Waals surface area contributed by atoms with E-state index in [-0.39, 0.29) is 12.3 Å². The standard InChI is InChI=1S/C8H14N2O2/c1-2-6(8(9)12)10-5-3-4-7(10)11/h6H,2-5H2,1H3,(H2,9,12)/t6-/m0/s1/i1D3. The zero-order chi connectivity index (χ0) is 11.6. The first kappa shape index (κ1) is 5.56. The molecule has 0 spiro atoms. The van der Waals surface area contributed by atoms with Gasteiger partial charge in [-0.2, -0.15) is 0 Å². The SMILES string of the molecule is [2H]C([2H])([2H])C[C@@H](C(N)=O)N1CCCC1=O. The Morgan fingerprint density at radius 2 is 2.67 bits per heavy atom. The molecule has 0 aromatic rings.